The fraction of sp³-hybridized carbons (Fsp3) is 0.933. The van der Waals surface area contributed by atoms with E-state index < -0.39 is 37.3 Å². The molecule has 0 saturated carbocycles. The molecule has 3 N–H and O–H groups in total. The van der Waals surface area contributed by atoms with Gasteiger partial charge in [0.25, 0.3) is 0 Å². The highest BCUT2D eigenvalue weighted by Gasteiger charge is 2.42. The predicted molar refractivity (Wildman–Crippen MR) is 77.7 cm³/mol. The SMILES string of the molecule is CCCCCCCC(=O)N(C)[C@@H]1[C@@H](O)[C@H](O)[C@@H](CO)O[C@@H]1[O-]. The molecule has 1 aliphatic heterocycles. The van der Waals surface area contributed by atoms with Crippen LogP contribution in [0.1, 0.15) is 45.4 Å². The molecule has 0 aromatic rings. The highest BCUT2D eigenvalue weighted by molar-refractivity contribution is 5.76. The molecule has 1 saturated heterocycles. The number of unbranched alkanes of at least 4 members (excludes halogenated alkanes) is 4. The van der Waals surface area contributed by atoms with E-state index in [1.807, 2.05) is 0 Å². The minimum absolute atomic E-state index is 0.250. The molecule has 0 bridgehead atoms. The fourth-order valence-electron chi connectivity index (χ4n) is 2.70. The van der Waals surface area contributed by atoms with Crippen molar-refractivity contribution in [3.05, 3.63) is 0 Å². The van der Waals surface area contributed by atoms with Crippen molar-refractivity contribution in [2.75, 3.05) is 13.7 Å². The lowest BCUT2D eigenvalue weighted by molar-refractivity contribution is -0.524. The summed E-state index contributed by atoms with van der Waals surface area (Å²) in [5.41, 5.74) is 0. The first-order chi connectivity index (χ1) is 10.4. The first-order valence-corrected chi connectivity index (χ1v) is 7.98. The van der Waals surface area contributed by atoms with Gasteiger partial charge in [-0.25, -0.2) is 0 Å². The molecule has 5 atom stereocenters. The van der Waals surface area contributed by atoms with Crippen LogP contribution in [0.4, 0.5) is 0 Å². The Hall–Kier alpha value is -0.730. The summed E-state index contributed by atoms with van der Waals surface area (Å²) in [6.07, 6.45) is -0.305. The Morgan fingerprint density at radius 3 is 2.41 bits per heavy atom. The summed E-state index contributed by atoms with van der Waals surface area (Å²) in [5.74, 6) is -0.250. The van der Waals surface area contributed by atoms with Gasteiger partial charge in [-0.05, 0) is 6.42 Å². The first-order valence-electron chi connectivity index (χ1n) is 7.98. The summed E-state index contributed by atoms with van der Waals surface area (Å²) in [6, 6.07) is -1.15. The number of carbonyl (C=O) groups is 1. The summed E-state index contributed by atoms with van der Waals surface area (Å²) in [7, 11) is 1.43. The molecular weight excluding hydrogens is 290 g/mol. The van der Waals surface area contributed by atoms with Crippen molar-refractivity contribution in [2.45, 2.75) is 76.1 Å². The standard InChI is InChI=1S/C15H28NO6/c1-3-4-5-6-7-8-11(18)16(2)12-14(20)13(19)10(9-17)22-15(12)21/h10,12-15,17,19-20H,3-9H2,1-2H3/q-1/t10-,12-,13-,14-,15+/m1/s1. The van der Waals surface area contributed by atoms with Crippen LogP contribution in [0.25, 0.3) is 0 Å². The normalized spacial score (nSPS) is 32.0. The number of ether oxygens (including phenoxy) is 1. The molecule has 0 aromatic carbocycles. The van der Waals surface area contributed by atoms with Crippen molar-refractivity contribution < 1.29 is 30.0 Å². The number of hydrogen-bond donors (Lipinski definition) is 3. The lowest BCUT2D eigenvalue weighted by Crippen LogP contribution is -2.67. The number of nitrogens with zero attached hydrogens (tertiary/aromatic N) is 1. The van der Waals surface area contributed by atoms with Crippen LogP contribution in [0, 0.1) is 0 Å². The Bertz CT molecular complexity index is 340. The maximum atomic E-state index is 12.1. The number of amides is 1. The van der Waals surface area contributed by atoms with E-state index in [1.165, 1.54) is 11.9 Å². The van der Waals surface area contributed by atoms with Gasteiger partial charge in [0.05, 0.1) is 12.6 Å². The molecule has 1 fully saturated rings. The molecular formula is C15H28NO6-. The lowest BCUT2D eigenvalue weighted by Gasteiger charge is -2.49. The third kappa shape index (κ3) is 4.89. The van der Waals surface area contributed by atoms with Crippen LogP contribution in [0.3, 0.4) is 0 Å². The number of hydrogen-bond acceptors (Lipinski definition) is 6. The Labute approximate surface area is 131 Å². The number of carbonyl (C=O) groups excluding carboxylic acids is 1. The summed E-state index contributed by atoms with van der Waals surface area (Å²) in [5, 5.41) is 40.8. The van der Waals surface area contributed by atoms with Gasteiger partial charge in [-0.1, -0.05) is 32.6 Å². The molecule has 0 radical (unpaired) electrons. The van der Waals surface area contributed by atoms with E-state index in [9.17, 15) is 20.1 Å². The topological polar surface area (TPSA) is 113 Å². The Balaban J connectivity index is 2.52. The van der Waals surface area contributed by atoms with Crippen molar-refractivity contribution in [2.24, 2.45) is 0 Å². The van der Waals surface area contributed by atoms with Crippen LogP contribution in [0.2, 0.25) is 0 Å². The highest BCUT2D eigenvalue weighted by Crippen LogP contribution is 2.22. The third-order valence-corrected chi connectivity index (χ3v) is 4.18. The zero-order valence-corrected chi connectivity index (χ0v) is 13.4. The van der Waals surface area contributed by atoms with E-state index in [4.69, 9.17) is 9.84 Å². The third-order valence-electron chi connectivity index (χ3n) is 4.18. The summed E-state index contributed by atoms with van der Waals surface area (Å²) >= 11 is 0. The van der Waals surface area contributed by atoms with Crippen molar-refractivity contribution in [3.63, 3.8) is 0 Å². The van der Waals surface area contributed by atoms with Crippen molar-refractivity contribution in [1.82, 2.24) is 4.90 Å². The first kappa shape index (κ1) is 19.3. The maximum Gasteiger partial charge on any atom is 0.222 e. The average molecular weight is 318 g/mol. The van der Waals surface area contributed by atoms with Gasteiger partial charge in [0.1, 0.15) is 18.3 Å². The molecule has 130 valence electrons. The molecule has 1 amide bonds. The van der Waals surface area contributed by atoms with Gasteiger partial charge in [-0.15, -0.1) is 0 Å². The van der Waals surface area contributed by atoms with Crippen LogP contribution in [-0.2, 0) is 9.53 Å². The van der Waals surface area contributed by atoms with Crippen molar-refractivity contribution in [3.8, 4) is 0 Å². The molecule has 0 unspecified atom stereocenters. The Morgan fingerprint density at radius 2 is 1.82 bits per heavy atom. The maximum absolute atomic E-state index is 12.1. The van der Waals surface area contributed by atoms with Gasteiger partial charge in [0.2, 0.25) is 5.91 Å². The fourth-order valence-corrected chi connectivity index (χ4v) is 2.70. The zero-order chi connectivity index (χ0) is 16.7. The molecule has 7 heteroatoms. The Kier molecular flexibility index (Phi) is 8.27. The van der Waals surface area contributed by atoms with Crippen LogP contribution in [0.15, 0.2) is 0 Å². The number of likely N-dealkylation sites (N-methyl/N-ethyl adjacent to an activating group) is 1. The summed E-state index contributed by atoms with van der Waals surface area (Å²) in [4.78, 5) is 13.3. The highest BCUT2D eigenvalue weighted by atomic mass is 16.6. The van der Waals surface area contributed by atoms with Crippen LogP contribution in [0.5, 0.6) is 0 Å². The quantitative estimate of drug-likeness (QED) is 0.493. The largest absolute Gasteiger partial charge is 0.829 e. The van der Waals surface area contributed by atoms with Gasteiger partial charge < -0.3 is 30.1 Å². The predicted octanol–water partition coefficient (Wildman–Crippen LogP) is -1.03. The molecule has 1 rings (SSSR count). The van der Waals surface area contributed by atoms with Gasteiger partial charge in [0.15, 0.2) is 0 Å². The van der Waals surface area contributed by atoms with E-state index in [0.29, 0.717) is 6.42 Å². The van der Waals surface area contributed by atoms with Gasteiger partial charge in [-0.3, -0.25) is 4.79 Å². The van der Waals surface area contributed by atoms with Gasteiger partial charge in [-0.2, -0.15) is 0 Å². The van der Waals surface area contributed by atoms with Crippen LogP contribution < -0.4 is 5.11 Å². The number of aliphatic hydroxyl groups excluding tert-OH is 3. The van der Waals surface area contributed by atoms with E-state index in [2.05, 4.69) is 6.92 Å². The van der Waals surface area contributed by atoms with Crippen molar-refractivity contribution >= 4 is 5.91 Å². The van der Waals surface area contributed by atoms with Crippen LogP contribution in [-0.4, -0.2) is 70.4 Å². The molecule has 1 aliphatic rings. The molecule has 0 aromatic heterocycles. The van der Waals surface area contributed by atoms with Gasteiger partial charge >= 0.3 is 0 Å². The van der Waals surface area contributed by atoms with Gasteiger partial charge in [0, 0.05) is 19.8 Å². The zero-order valence-electron chi connectivity index (χ0n) is 13.4. The number of rotatable bonds is 8. The second-order valence-corrected chi connectivity index (χ2v) is 5.87. The van der Waals surface area contributed by atoms with E-state index in [0.717, 1.165) is 32.1 Å². The second-order valence-electron chi connectivity index (χ2n) is 5.87. The average Bonchev–Trinajstić information content (AvgIpc) is 2.50. The van der Waals surface area contributed by atoms with E-state index in [1.54, 1.807) is 0 Å². The van der Waals surface area contributed by atoms with Crippen LogP contribution >= 0.6 is 0 Å². The Morgan fingerprint density at radius 1 is 1.18 bits per heavy atom. The number of aliphatic hydroxyl groups is 3. The summed E-state index contributed by atoms with van der Waals surface area (Å²) in [6.45, 7) is 1.56. The monoisotopic (exact) mass is 318 g/mol. The molecule has 0 spiro atoms. The summed E-state index contributed by atoms with van der Waals surface area (Å²) < 4.78 is 4.95. The minimum atomic E-state index is -1.69. The van der Waals surface area contributed by atoms with Crippen molar-refractivity contribution in [1.29, 1.82) is 0 Å². The lowest BCUT2D eigenvalue weighted by atomic mass is 9.95. The molecule has 22 heavy (non-hydrogen) atoms. The second kappa shape index (κ2) is 9.42. The molecule has 0 aliphatic carbocycles. The van der Waals surface area contributed by atoms with E-state index in [-0.39, 0.29) is 5.91 Å². The minimum Gasteiger partial charge on any atom is -0.829 e. The molecule has 7 nitrogen and oxygen atoms in total. The van der Waals surface area contributed by atoms with E-state index >= 15 is 0 Å². The molecule has 1 heterocycles. The smallest absolute Gasteiger partial charge is 0.222 e.